The predicted molar refractivity (Wildman–Crippen MR) is 72.6 cm³/mol. The zero-order valence-electron chi connectivity index (χ0n) is 12.0. The Hall–Kier alpha value is -0.650. The van der Waals surface area contributed by atoms with Crippen LogP contribution in [0, 0.1) is 0 Å². The van der Waals surface area contributed by atoms with Crippen molar-refractivity contribution in [2.75, 3.05) is 53.0 Å². The first-order chi connectivity index (χ1) is 8.65. The van der Waals surface area contributed by atoms with Crippen molar-refractivity contribution in [1.82, 2.24) is 9.80 Å². The lowest BCUT2D eigenvalue weighted by molar-refractivity contribution is -0.130. The highest BCUT2D eigenvalue weighted by atomic mass is 16.5. The Labute approximate surface area is 111 Å². The van der Waals surface area contributed by atoms with Gasteiger partial charge in [-0.25, -0.2) is 0 Å². The molecule has 0 aromatic rings. The molecule has 0 saturated heterocycles. The fourth-order valence-corrected chi connectivity index (χ4v) is 1.73. The molecule has 0 rings (SSSR count). The van der Waals surface area contributed by atoms with Crippen LogP contribution >= 0.6 is 0 Å². The van der Waals surface area contributed by atoms with Gasteiger partial charge in [0, 0.05) is 26.1 Å². The monoisotopic (exact) mass is 260 g/mol. The number of nitrogens with zero attached hydrogens (tertiary/aromatic N) is 2. The van der Waals surface area contributed by atoms with E-state index in [1.54, 1.807) is 0 Å². The Morgan fingerprint density at radius 2 is 1.83 bits per heavy atom. The maximum Gasteiger partial charge on any atom is 0.222 e. The summed E-state index contributed by atoms with van der Waals surface area (Å²) >= 11 is 0. The highest BCUT2D eigenvalue weighted by molar-refractivity contribution is 5.76. The number of aliphatic hydroxyl groups is 1. The van der Waals surface area contributed by atoms with Gasteiger partial charge in [0.15, 0.2) is 0 Å². The number of rotatable bonds is 11. The van der Waals surface area contributed by atoms with E-state index in [-0.39, 0.29) is 12.5 Å². The maximum atomic E-state index is 11.7. The summed E-state index contributed by atoms with van der Waals surface area (Å²) in [7, 11) is 2.02. The summed E-state index contributed by atoms with van der Waals surface area (Å²) in [5, 5.41) is 8.55. The first-order valence-electron chi connectivity index (χ1n) is 6.80. The fourth-order valence-electron chi connectivity index (χ4n) is 1.73. The van der Waals surface area contributed by atoms with Crippen LogP contribution in [-0.2, 0) is 9.53 Å². The van der Waals surface area contributed by atoms with Crippen molar-refractivity contribution >= 4 is 5.91 Å². The molecule has 0 saturated carbocycles. The Balaban J connectivity index is 3.55. The van der Waals surface area contributed by atoms with Crippen LogP contribution in [-0.4, -0.2) is 73.9 Å². The second kappa shape index (κ2) is 11.4. The Morgan fingerprint density at radius 3 is 2.39 bits per heavy atom. The molecule has 0 unspecified atom stereocenters. The van der Waals surface area contributed by atoms with Crippen molar-refractivity contribution in [3.8, 4) is 0 Å². The molecule has 1 amide bonds. The van der Waals surface area contributed by atoms with E-state index in [0.29, 0.717) is 19.6 Å². The third-order valence-electron chi connectivity index (χ3n) is 2.90. The van der Waals surface area contributed by atoms with Gasteiger partial charge in [0.1, 0.15) is 0 Å². The Bertz CT molecular complexity index is 208. The fraction of sp³-hybridized carbons (Fsp3) is 0.923. The Kier molecular flexibility index (Phi) is 11.0. The summed E-state index contributed by atoms with van der Waals surface area (Å²) in [6, 6.07) is 0. The zero-order chi connectivity index (χ0) is 13.8. The number of hydrogen-bond donors (Lipinski definition) is 1. The normalized spacial score (nSPS) is 10.9. The van der Waals surface area contributed by atoms with E-state index in [9.17, 15) is 4.79 Å². The van der Waals surface area contributed by atoms with Crippen LogP contribution in [0.3, 0.4) is 0 Å². The highest BCUT2D eigenvalue weighted by Crippen LogP contribution is 1.99. The van der Waals surface area contributed by atoms with E-state index >= 15 is 0 Å². The van der Waals surface area contributed by atoms with Gasteiger partial charge in [-0.15, -0.1) is 0 Å². The molecule has 0 fully saturated rings. The number of carbonyl (C=O) groups is 1. The summed E-state index contributed by atoms with van der Waals surface area (Å²) in [6.45, 7) is 8.42. The van der Waals surface area contributed by atoms with Crippen LogP contribution in [0.15, 0.2) is 0 Å². The van der Waals surface area contributed by atoms with Crippen molar-refractivity contribution in [3.05, 3.63) is 0 Å². The van der Waals surface area contributed by atoms with Crippen molar-refractivity contribution in [3.63, 3.8) is 0 Å². The third-order valence-corrected chi connectivity index (χ3v) is 2.90. The molecule has 5 heteroatoms. The van der Waals surface area contributed by atoms with Gasteiger partial charge in [0.05, 0.1) is 19.8 Å². The molecule has 0 heterocycles. The number of likely N-dealkylation sites (N-methyl/N-ethyl adjacent to an activating group) is 1. The predicted octanol–water partition coefficient (Wildman–Crippen LogP) is 0.576. The van der Waals surface area contributed by atoms with Gasteiger partial charge in [-0.3, -0.25) is 4.79 Å². The molecular weight excluding hydrogens is 232 g/mol. The van der Waals surface area contributed by atoms with Gasteiger partial charge >= 0.3 is 0 Å². The van der Waals surface area contributed by atoms with Crippen molar-refractivity contribution in [2.24, 2.45) is 0 Å². The standard InChI is InChI=1S/C13H28N2O3/c1-4-15(5-2)13(17)7-6-8-14(3)9-11-18-12-10-16/h16H,4-12H2,1-3H3. The molecule has 1 N–H and O–H groups in total. The topological polar surface area (TPSA) is 53.0 Å². The van der Waals surface area contributed by atoms with Gasteiger partial charge in [0.2, 0.25) is 5.91 Å². The number of aliphatic hydroxyl groups excluding tert-OH is 1. The number of ether oxygens (including phenoxy) is 1. The van der Waals surface area contributed by atoms with Crippen molar-refractivity contribution in [1.29, 1.82) is 0 Å². The molecule has 0 aliphatic rings. The van der Waals surface area contributed by atoms with E-state index < -0.39 is 0 Å². The molecular formula is C13H28N2O3. The van der Waals surface area contributed by atoms with Crippen LogP contribution in [0.25, 0.3) is 0 Å². The van der Waals surface area contributed by atoms with Crippen LogP contribution in [0.4, 0.5) is 0 Å². The van der Waals surface area contributed by atoms with Gasteiger partial charge in [-0.1, -0.05) is 0 Å². The minimum absolute atomic E-state index is 0.0715. The van der Waals surface area contributed by atoms with E-state index in [1.807, 2.05) is 25.8 Å². The van der Waals surface area contributed by atoms with Gasteiger partial charge in [0.25, 0.3) is 0 Å². The quantitative estimate of drug-likeness (QED) is 0.552. The van der Waals surface area contributed by atoms with E-state index in [0.717, 1.165) is 32.6 Å². The van der Waals surface area contributed by atoms with E-state index in [1.165, 1.54) is 0 Å². The minimum atomic E-state index is 0.0715. The first-order valence-corrected chi connectivity index (χ1v) is 6.80. The zero-order valence-corrected chi connectivity index (χ0v) is 12.0. The molecule has 0 aliphatic carbocycles. The third kappa shape index (κ3) is 8.44. The van der Waals surface area contributed by atoms with Crippen LogP contribution in [0.5, 0.6) is 0 Å². The molecule has 0 spiro atoms. The van der Waals surface area contributed by atoms with Gasteiger partial charge in [-0.2, -0.15) is 0 Å². The molecule has 0 radical (unpaired) electrons. The summed E-state index contributed by atoms with van der Waals surface area (Å²) in [5.74, 6) is 0.241. The molecule has 108 valence electrons. The van der Waals surface area contributed by atoms with Crippen molar-refractivity contribution < 1.29 is 14.6 Å². The molecule has 18 heavy (non-hydrogen) atoms. The molecule has 5 nitrogen and oxygen atoms in total. The van der Waals surface area contributed by atoms with Crippen LogP contribution in [0.2, 0.25) is 0 Å². The summed E-state index contributed by atoms with van der Waals surface area (Å²) in [4.78, 5) is 15.8. The average molecular weight is 260 g/mol. The average Bonchev–Trinajstić information content (AvgIpc) is 2.36. The maximum absolute atomic E-state index is 11.7. The first kappa shape index (κ1) is 17.4. The van der Waals surface area contributed by atoms with Gasteiger partial charge in [-0.05, 0) is 33.9 Å². The SMILES string of the molecule is CCN(CC)C(=O)CCCN(C)CCOCCO. The number of hydrogen-bond acceptors (Lipinski definition) is 4. The van der Waals surface area contributed by atoms with Crippen LogP contribution < -0.4 is 0 Å². The van der Waals surface area contributed by atoms with E-state index in [4.69, 9.17) is 9.84 Å². The summed E-state index contributed by atoms with van der Waals surface area (Å²) in [6.07, 6.45) is 1.50. The number of amides is 1. The molecule has 0 aromatic carbocycles. The minimum Gasteiger partial charge on any atom is -0.394 e. The number of carbonyl (C=O) groups excluding carboxylic acids is 1. The van der Waals surface area contributed by atoms with Crippen molar-refractivity contribution in [2.45, 2.75) is 26.7 Å². The van der Waals surface area contributed by atoms with E-state index in [2.05, 4.69) is 4.90 Å². The lowest BCUT2D eigenvalue weighted by atomic mass is 10.2. The molecule has 0 aromatic heterocycles. The second-order valence-corrected chi connectivity index (χ2v) is 4.31. The lowest BCUT2D eigenvalue weighted by Gasteiger charge is -2.20. The summed E-state index contributed by atoms with van der Waals surface area (Å²) < 4.78 is 5.19. The van der Waals surface area contributed by atoms with Crippen LogP contribution in [0.1, 0.15) is 26.7 Å². The molecule has 0 bridgehead atoms. The highest BCUT2D eigenvalue weighted by Gasteiger charge is 2.09. The smallest absolute Gasteiger partial charge is 0.222 e. The molecule has 0 atom stereocenters. The molecule has 0 aliphatic heterocycles. The second-order valence-electron chi connectivity index (χ2n) is 4.31. The Morgan fingerprint density at radius 1 is 1.17 bits per heavy atom. The summed E-state index contributed by atoms with van der Waals surface area (Å²) in [5.41, 5.74) is 0. The van der Waals surface area contributed by atoms with Gasteiger partial charge < -0.3 is 19.6 Å². The lowest BCUT2D eigenvalue weighted by Crippen LogP contribution is -2.31. The largest absolute Gasteiger partial charge is 0.394 e.